The molecule has 0 N–H and O–H groups in total. The summed E-state index contributed by atoms with van der Waals surface area (Å²) in [5.74, 6) is 0.0824. The molecule has 0 atom stereocenters. The number of ether oxygens (including phenoxy) is 1. The van der Waals surface area contributed by atoms with Crippen molar-refractivity contribution >= 4 is 35.5 Å². The molecule has 0 aromatic heterocycles. The van der Waals surface area contributed by atoms with Crippen molar-refractivity contribution in [3.8, 4) is 5.75 Å². The molecule has 24 heavy (non-hydrogen) atoms. The minimum atomic E-state index is -0.254. The molecule has 7 nitrogen and oxygen atoms in total. The van der Waals surface area contributed by atoms with Crippen LogP contribution in [0.2, 0.25) is 5.02 Å². The average molecular weight is 354 g/mol. The second-order valence-electron chi connectivity index (χ2n) is 5.45. The number of carbonyl (C=O) groups is 3. The Labute approximate surface area is 145 Å². The van der Waals surface area contributed by atoms with E-state index < -0.39 is 0 Å². The van der Waals surface area contributed by atoms with Crippen molar-refractivity contribution in [2.75, 3.05) is 44.7 Å². The highest BCUT2D eigenvalue weighted by atomic mass is 35.5. The zero-order valence-electron chi connectivity index (χ0n) is 13.7. The maximum atomic E-state index is 12.5. The zero-order valence-corrected chi connectivity index (χ0v) is 14.5. The maximum Gasteiger partial charge on any atom is 0.242 e. The van der Waals surface area contributed by atoms with Crippen molar-refractivity contribution in [3.05, 3.63) is 23.2 Å². The zero-order chi connectivity index (χ0) is 17.7. The number of piperazine rings is 1. The van der Waals surface area contributed by atoms with Gasteiger partial charge in [0.2, 0.25) is 18.2 Å². The molecule has 1 heterocycles. The van der Waals surface area contributed by atoms with Crippen LogP contribution in [0.25, 0.3) is 0 Å². The Bertz CT molecular complexity index is 630. The van der Waals surface area contributed by atoms with Crippen LogP contribution in [0.4, 0.5) is 5.69 Å². The maximum absolute atomic E-state index is 12.5. The molecule has 1 aromatic rings. The third-order valence-electron chi connectivity index (χ3n) is 3.94. The first kappa shape index (κ1) is 18.1. The Hall–Kier alpha value is -2.28. The van der Waals surface area contributed by atoms with Crippen molar-refractivity contribution in [3.63, 3.8) is 0 Å². The van der Waals surface area contributed by atoms with Gasteiger partial charge in [0.25, 0.3) is 0 Å². The van der Waals surface area contributed by atoms with Gasteiger partial charge in [-0.15, -0.1) is 0 Å². The lowest BCUT2D eigenvalue weighted by molar-refractivity contribution is -0.134. The van der Waals surface area contributed by atoms with E-state index in [1.807, 2.05) is 0 Å². The Kier molecular flexibility index (Phi) is 6.03. The lowest BCUT2D eigenvalue weighted by atomic mass is 10.2. The van der Waals surface area contributed by atoms with Gasteiger partial charge in [-0.2, -0.15) is 0 Å². The number of halogens is 1. The molecule has 1 aliphatic rings. The number of amides is 3. The van der Waals surface area contributed by atoms with E-state index in [-0.39, 0.29) is 18.4 Å². The fourth-order valence-corrected chi connectivity index (χ4v) is 2.77. The number of hydrogen-bond acceptors (Lipinski definition) is 4. The van der Waals surface area contributed by atoms with Gasteiger partial charge in [-0.3, -0.25) is 14.4 Å². The summed E-state index contributed by atoms with van der Waals surface area (Å²) in [6, 6.07) is 4.93. The van der Waals surface area contributed by atoms with Crippen molar-refractivity contribution in [2.24, 2.45) is 0 Å². The molecular formula is C16H20ClN3O4. The highest BCUT2D eigenvalue weighted by Crippen LogP contribution is 2.29. The van der Waals surface area contributed by atoms with Crippen LogP contribution >= 0.6 is 11.6 Å². The predicted molar refractivity (Wildman–Crippen MR) is 90.2 cm³/mol. The second-order valence-corrected chi connectivity index (χ2v) is 5.85. The fraction of sp³-hybridized carbons (Fsp3) is 0.438. The molecule has 0 aliphatic carbocycles. The summed E-state index contributed by atoms with van der Waals surface area (Å²) in [7, 11) is 1.51. The molecule has 0 saturated carbocycles. The van der Waals surface area contributed by atoms with E-state index in [1.54, 1.807) is 28.0 Å². The van der Waals surface area contributed by atoms with Crippen LogP contribution in [0.1, 0.15) is 6.92 Å². The Morgan fingerprint density at radius 2 is 1.96 bits per heavy atom. The molecule has 1 fully saturated rings. The van der Waals surface area contributed by atoms with E-state index in [4.69, 9.17) is 16.3 Å². The van der Waals surface area contributed by atoms with Gasteiger partial charge in [0, 0.05) is 38.8 Å². The van der Waals surface area contributed by atoms with Gasteiger partial charge >= 0.3 is 0 Å². The van der Waals surface area contributed by atoms with Gasteiger partial charge in [0.05, 0.1) is 12.1 Å². The number of benzene rings is 1. The number of methoxy groups -OCH3 is 1. The first-order valence-electron chi connectivity index (χ1n) is 7.55. The summed E-state index contributed by atoms with van der Waals surface area (Å²) in [6.45, 7) is 3.27. The number of hydrogen-bond donors (Lipinski definition) is 0. The number of rotatable bonds is 5. The molecule has 0 radical (unpaired) electrons. The smallest absolute Gasteiger partial charge is 0.242 e. The highest BCUT2D eigenvalue weighted by Gasteiger charge is 2.24. The summed E-state index contributed by atoms with van der Waals surface area (Å²) in [5, 5.41) is 0.369. The Balaban J connectivity index is 2.08. The van der Waals surface area contributed by atoms with Gasteiger partial charge in [-0.05, 0) is 18.2 Å². The SMILES string of the molecule is COc1ccc(N(CC(=O)N2CCN(C=O)CC2)C(C)=O)cc1Cl. The lowest BCUT2D eigenvalue weighted by Gasteiger charge is -2.34. The van der Waals surface area contributed by atoms with Crippen molar-refractivity contribution in [2.45, 2.75) is 6.92 Å². The van der Waals surface area contributed by atoms with E-state index in [1.165, 1.54) is 18.9 Å². The van der Waals surface area contributed by atoms with Crippen molar-refractivity contribution < 1.29 is 19.1 Å². The molecule has 1 aliphatic heterocycles. The fourth-order valence-electron chi connectivity index (χ4n) is 2.52. The lowest BCUT2D eigenvalue weighted by Crippen LogP contribution is -2.51. The monoisotopic (exact) mass is 353 g/mol. The molecule has 0 unspecified atom stereocenters. The van der Waals surface area contributed by atoms with Crippen LogP contribution in [0.3, 0.4) is 0 Å². The van der Waals surface area contributed by atoms with Crippen LogP contribution < -0.4 is 9.64 Å². The predicted octanol–water partition coefficient (Wildman–Crippen LogP) is 1.00. The molecule has 3 amide bonds. The molecule has 2 rings (SSSR count). The molecule has 130 valence electrons. The van der Waals surface area contributed by atoms with E-state index >= 15 is 0 Å². The molecular weight excluding hydrogens is 334 g/mol. The normalized spacial score (nSPS) is 14.3. The molecule has 1 saturated heterocycles. The van der Waals surface area contributed by atoms with Gasteiger partial charge in [0.15, 0.2) is 0 Å². The topological polar surface area (TPSA) is 70.2 Å². The first-order chi connectivity index (χ1) is 11.5. The Morgan fingerprint density at radius 3 is 2.46 bits per heavy atom. The van der Waals surface area contributed by atoms with Crippen LogP contribution in [0.5, 0.6) is 5.75 Å². The van der Waals surface area contributed by atoms with E-state index in [2.05, 4.69) is 0 Å². The van der Waals surface area contributed by atoms with E-state index in [9.17, 15) is 14.4 Å². The van der Waals surface area contributed by atoms with E-state index in [0.29, 0.717) is 42.6 Å². The second kappa shape index (κ2) is 8.01. The molecule has 1 aromatic carbocycles. The average Bonchev–Trinajstić information content (AvgIpc) is 2.59. The minimum absolute atomic E-state index is 0.0704. The summed E-state index contributed by atoms with van der Waals surface area (Å²) in [6.07, 6.45) is 0.781. The van der Waals surface area contributed by atoms with Crippen molar-refractivity contribution in [1.29, 1.82) is 0 Å². The molecule has 8 heteroatoms. The number of carbonyl (C=O) groups excluding carboxylic acids is 3. The van der Waals surface area contributed by atoms with Gasteiger partial charge in [-0.1, -0.05) is 11.6 Å². The Morgan fingerprint density at radius 1 is 1.29 bits per heavy atom. The third kappa shape index (κ3) is 4.17. The van der Waals surface area contributed by atoms with Gasteiger partial charge in [-0.25, -0.2) is 0 Å². The number of anilines is 1. The standard InChI is InChI=1S/C16H20ClN3O4/c1-12(22)20(13-3-4-15(24-2)14(17)9-13)10-16(23)19-7-5-18(11-21)6-8-19/h3-4,9,11H,5-8,10H2,1-2H3. The van der Waals surface area contributed by atoms with Gasteiger partial charge < -0.3 is 19.4 Å². The van der Waals surface area contributed by atoms with Crippen LogP contribution in [0.15, 0.2) is 18.2 Å². The van der Waals surface area contributed by atoms with E-state index in [0.717, 1.165) is 6.41 Å². The first-order valence-corrected chi connectivity index (χ1v) is 7.93. The summed E-state index contributed by atoms with van der Waals surface area (Å²) < 4.78 is 5.09. The minimum Gasteiger partial charge on any atom is -0.495 e. The highest BCUT2D eigenvalue weighted by molar-refractivity contribution is 6.32. The molecule has 0 bridgehead atoms. The summed E-state index contributed by atoms with van der Waals surface area (Å²) in [5.41, 5.74) is 0.535. The largest absolute Gasteiger partial charge is 0.495 e. The van der Waals surface area contributed by atoms with Gasteiger partial charge in [0.1, 0.15) is 12.3 Å². The van der Waals surface area contributed by atoms with Crippen molar-refractivity contribution in [1.82, 2.24) is 9.80 Å². The third-order valence-corrected chi connectivity index (χ3v) is 4.23. The van der Waals surface area contributed by atoms with Crippen LogP contribution in [-0.2, 0) is 14.4 Å². The number of nitrogens with zero attached hydrogens (tertiary/aromatic N) is 3. The van der Waals surface area contributed by atoms with Crippen LogP contribution in [-0.4, -0.2) is 67.9 Å². The summed E-state index contributed by atoms with van der Waals surface area (Å²) in [4.78, 5) is 39.8. The summed E-state index contributed by atoms with van der Waals surface area (Å²) >= 11 is 6.10. The van der Waals surface area contributed by atoms with Crippen LogP contribution in [0, 0.1) is 0 Å². The molecule has 0 spiro atoms. The quantitative estimate of drug-likeness (QED) is 0.740.